The number of nitrogens with zero attached hydrogens (tertiary/aromatic N) is 1. The van der Waals surface area contributed by atoms with Gasteiger partial charge < -0.3 is 16.0 Å². The van der Waals surface area contributed by atoms with E-state index in [1.165, 1.54) is 19.3 Å². The smallest absolute Gasteiger partial charge is 0.226 e. The van der Waals surface area contributed by atoms with Gasteiger partial charge in [-0.25, -0.2) is 0 Å². The van der Waals surface area contributed by atoms with Crippen LogP contribution in [-0.2, 0) is 9.59 Å². The van der Waals surface area contributed by atoms with Crippen LogP contribution in [-0.4, -0.2) is 41.4 Å². The minimum absolute atomic E-state index is 0.104. The van der Waals surface area contributed by atoms with Crippen molar-refractivity contribution in [3.63, 3.8) is 0 Å². The quantitative estimate of drug-likeness (QED) is 0.759. The highest BCUT2D eigenvalue weighted by Gasteiger charge is 2.46. The third-order valence-corrected chi connectivity index (χ3v) is 6.59. The zero-order valence-electron chi connectivity index (χ0n) is 13.2. The first-order valence-corrected chi connectivity index (χ1v) is 8.98. The molecule has 2 aliphatic heterocycles. The highest BCUT2D eigenvalue weighted by molar-refractivity contribution is 5.83. The molecule has 0 aromatic carbocycles. The predicted octanol–water partition coefficient (Wildman–Crippen LogP) is 1.02. The summed E-state index contributed by atoms with van der Waals surface area (Å²) in [5, 5.41) is 2.96. The summed E-state index contributed by atoms with van der Waals surface area (Å²) in [4.78, 5) is 27.0. The molecule has 2 saturated heterocycles. The molecule has 4 aliphatic rings. The Morgan fingerprint density at radius 2 is 1.77 bits per heavy atom. The molecule has 2 amide bonds. The van der Waals surface area contributed by atoms with Gasteiger partial charge in [0.05, 0.1) is 0 Å². The number of hydrogen-bond acceptors (Lipinski definition) is 3. The van der Waals surface area contributed by atoms with Crippen molar-refractivity contribution in [2.75, 3.05) is 6.54 Å². The van der Waals surface area contributed by atoms with Crippen LogP contribution in [0.15, 0.2) is 0 Å². The molecule has 5 nitrogen and oxygen atoms in total. The van der Waals surface area contributed by atoms with E-state index in [9.17, 15) is 9.59 Å². The Morgan fingerprint density at radius 1 is 1.09 bits per heavy atom. The van der Waals surface area contributed by atoms with Crippen molar-refractivity contribution in [3.8, 4) is 0 Å². The van der Waals surface area contributed by atoms with Crippen LogP contribution in [0.2, 0.25) is 0 Å². The minimum atomic E-state index is 0.104. The van der Waals surface area contributed by atoms with Crippen LogP contribution in [0.4, 0.5) is 0 Å². The number of amides is 2. The van der Waals surface area contributed by atoms with Crippen LogP contribution in [0.5, 0.6) is 0 Å². The first-order chi connectivity index (χ1) is 10.6. The van der Waals surface area contributed by atoms with Crippen LogP contribution >= 0.6 is 0 Å². The third-order valence-electron chi connectivity index (χ3n) is 6.59. The lowest BCUT2D eigenvalue weighted by Crippen LogP contribution is -2.52. The number of nitrogens with one attached hydrogen (secondary N) is 1. The van der Waals surface area contributed by atoms with Gasteiger partial charge in [-0.3, -0.25) is 9.59 Å². The van der Waals surface area contributed by atoms with Gasteiger partial charge in [0.15, 0.2) is 0 Å². The van der Waals surface area contributed by atoms with Crippen LogP contribution in [0, 0.1) is 17.8 Å². The van der Waals surface area contributed by atoms with E-state index in [0.29, 0.717) is 36.8 Å². The maximum absolute atomic E-state index is 13.2. The Morgan fingerprint density at radius 3 is 2.50 bits per heavy atom. The van der Waals surface area contributed by atoms with Crippen LogP contribution in [0.25, 0.3) is 0 Å². The molecule has 2 aliphatic carbocycles. The Balaban J connectivity index is 1.51. The summed E-state index contributed by atoms with van der Waals surface area (Å²) < 4.78 is 0. The lowest BCUT2D eigenvalue weighted by atomic mass is 9.65. The molecule has 2 saturated carbocycles. The molecule has 122 valence electrons. The molecule has 0 radical (unpaired) electrons. The van der Waals surface area contributed by atoms with Gasteiger partial charge in [0, 0.05) is 37.0 Å². The van der Waals surface area contributed by atoms with Gasteiger partial charge in [0.2, 0.25) is 11.8 Å². The standard InChI is InChI=1S/C17H27N3O2/c18-16-10-2-1-3-11(16)7-12(6-10)17(22)20-13-4-5-14(20)9-19-15(21)8-13/h10-14,16H,1-9,18H2,(H,19,21). The first kappa shape index (κ1) is 14.5. The second kappa shape index (κ2) is 5.52. The molecule has 4 fully saturated rings. The van der Waals surface area contributed by atoms with Crippen molar-refractivity contribution in [1.29, 1.82) is 0 Å². The van der Waals surface area contributed by atoms with Gasteiger partial charge in [-0.15, -0.1) is 0 Å². The van der Waals surface area contributed by atoms with Crippen molar-refractivity contribution < 1.29 is 9.59 Å². The van der Waals surface area contributed by atoms with Crippen molar-refractivity contribution in [1.82, 2.24) is 10.2 Å². The zero-order valence-corrected chi connectivity index (χ0v) is 13.2. The van der Waals surface area contributed by atoms with Crippen molar-refractivity contribution in [2.24, 2.45) is 23.5 Å². The van der Waals surface area contributed by atoms with Gasteiger partial charge in [-0.05, 0) is 50.4 Å². The van der Waals surface area contributed by atoms with Gasteiger partial charge in [0.1, 0.15) is 0 Å². The molecule has 22 heavy (non-hydrogen) atoms. The monoisotopic (exact) mass is 305 g/mol. The number of nitrogens with two attached hydrogens (primary N) is 1. The molecule has 5 heteroatoms. The molecule has 0 spiro atoms. The Bertz CT molecular complexity index is 467. The van der Waals surface area contributed by atoms with Crippen molar-refractivity contribution in [2.45, 2.75) is 69.5 Å². The summed E-state index contributed by atoms with van der Waals surface area (Å²) in [6, 6.07) is 0.664. The number of rotatable bonds is 1. The minimum Gasteiger partial charge on any atom is -0.354 e. The second-order valence-corrected chi connectivity index (χ2v) is 7.84. The Kier molecular flexibility index (Phi) is 3.63. The lowest BCUT2D eigenvalue weighted by Gasteiger charge is -2.45. The number of carbonyl (C=O) groups is 2. The van der Waals surface area contributed by atoms with E-state index in [1.54, 1.807) is 0 Å². The summed E-state index contributed by atoms with van der Waals surface area (Å²) in [6.45, 7) is 0.639. The van der Waals surface area contributed by atoms with Crippen molar-refractivity contribution >= 4 is 11.8 Å². The number of fused-ring (bicyclic) bond motifs is 4. The molecule has 0 aromatic heterocycles. The molecule has 4 unspecified atom stereocenters. The molecular weight excluding hydrogens is 278 g/mol. The summed E-state index contributed by atoms with van der Waals surface area (Å²) in [7, 11) is 0. The topological polar surface area (TPSA) is 75.4 Å². The van der Waals surface area contributed by atoms with E-state index in [2.05, 4.69) is 10.2 Å². The van der Waals surface area contributed by atoms with E-state index in [4.69, 9.17) is 5.73 Å². The largest absolute Gasteiger partial charge is 0.354 e. The maximum Gasteiger partial charge on any atom is 0.226 e. The highest BCUT2D eigenvalue weighted by atomic mass is 16.2. The number of carbonyl (C=O) groups excluding carboxylic acids is 2. The lowest BCUT2D eigenvalue weighted by molar-refractivity contribution is -0.141. The molecule has 4 rings (SSSR count). The second-order valence-electron chi connectivity index (χ2n) is 7.84. The third kappa shape index (κ3) is 2.34. The SMILES string of the molecule is NC1C2CCCC1CC(C(=O)N1C3CCC1CC(=O)NC3)C2. The van der Waals surface area contributed by atoms with Crippen LogP contribution < -0.4 is 11.1 Å². The highest BCUT2D eigenvalue weighted by Crippen LogP contribution is 2.43. The van der Waals surface area contributed by atoms with Gasteiger partial charge in [0.25, 0.3) is 0 Å². The summed E-state index contributed by atoms with van der Waals surface area (Å²) >= 11 is 0. The molecule has 0 aromatic rings. The van der Waals surface area contributed by atoms with Crippen LogP contribution in [0.1, 0.15) is 51.4 Å². The van der Waals surface area contributed by atoms with Gasteiger partial charge >= 0.3 is 0 Å². The zero-order chi connectivity index (χ0) is 15.3. The average molecular weight is 305 g/mol. The molecular formula is C17H27N3O2. The molecule has 3 N–H and O–H groups in total. The van der Waals surface area contributed by atoms with Crippen LogP contribution in [0.3, 0.4) is 0 Å². The van der Waals surface area contributed by atoms with E-state index >= 15 is 0 Å². The van der Waals surface area contributed by atoms with E-state index in [-0.39, 0.29) is 23.9 Å². The summed E-state index contributed by atoms with van der Waals surface area (Å²) in [5.41, 5.74) is 6.36. The Hall–Kier alpha value is -1.10. The molecule has 4 atom stereocenters. The maximum atomic E-state index is 13.2. The van der Waals surface area contributed by atoms with Gasteiger partial charge in [-0.1, -0.05) is 6.42 Å². The fourth-order valence-electron chi connectivity index (χ4n) is 5.44. The molecule has 2 heterocycles. The summed E-state index contributed by atoms with van der Waals surface area (Å²) in [5.74, 6) is 1.63. The Labute approximate surface area is 132 Å². The average Bonchev–Trinajstić information content (AvgIpc) is 2.77. The van der Waals surface area contributed by atoms with Crippen molar-refractivity contribution in [3.05, 3.63) is 0 Å². The van der Waals surface area contributed by atoms with Gasteiger partial charge in [-0.2, -0.15) is 0 Å². The fraction of sp³-hybridized carbons (Fsp3) is 0.882. The fourth-order valence-corrected chi connectivity index (χ4v) is 5.44. The predicted molar refractivity (Wildman–Crippen MR) is 82.8 cm³/mol. The van der Waals surface area contributed by atoms with E-state index < -0.39 is 0 Å². The van der Waals surface area contributed by atoms with E-state index in [1.807, 2.05) is 0 Å². The van der Waals surface area contributed by atoms with E-state index in [0.717, 1.165) is 25.7 Å². The molecule has 4 bridgehead atoms. The normalized spacial score (nSPS) is 44.4. The number of hydrogen-bond donors (Lipinski definition) is 2. The summed E-state index contributed by atoms with van der Waals surface area (Å²) in [6.07, 6.45) is 8.10. The first-order valence-electron chi connectivity index (χ1n) is 8.98.